The number of carbonyl (C=O) groups is 2. The number of amides is 3. The van der Waals surface area contributed by atoms with E-state index in [1.165, 1.54) is 27.3 Å². The van der Waals surface area contributed by atoms with Crippen molar-refractivity contribution in [1.29, 1.82) is 0 Å². The number of aryl methyl sites for hydroxylation is 1. The first-order valence-electron chi connectivity index (χ1n) is 7.52. The van der Waals surface area contributed by atoms with Gasteiger partial charge in [-0.25, -0.2) is 17.5 Å². The minimum Gasteiger partial charge on any atom is -0.383 e. The first kappa shape index (κ1) is 20.9. The van der Waals surface area contributed by atoms with E-state index in [9.17, 15) is 18.0 Å². The summed E-state index contributed by atoms with van der Waals surface area (Å²) in [6.07, 6.45) is 0. The molecule has 9 nitrogen and oxygen atoms in total. The van der Waals surface area contributed by atoms with Gasteiger partial charge < -0.3 is 15.4 Å². The average molecular weight is 372 g/mol. The van der Waals surface area contributed by atoms with Crippen LogP contribution in [0.1, 0.15) is 5.56 Å². The number of methoxy groups -OCH3 is 1. The van der Waals surface area contributed by atoms with Crippen molar-refractivity contribution in [2.24, 2.45) is 0 Å². The smallest absolute Gasteiger partial charge is 0.321 e. The fraction of sp³-hybridized carbons (Fsp3) is 0.467. The molecule has 0 unspecified atom stereocenters. The number of urea groups is 1. The first-order chi connectivity index (χ1) is 11.7. The third kappa shape index (κ3) is 6.33. The van der Waals surface area contributed by atoms with Gasteiger partial charge in [0.05, 0.1) is 18.0 Å². The lowest BCUT2D eigenvalue weighted by Gasteiger charge is -2.15. The summed E-state index contributed by atoms with van der Waals surface area (Å²) in [6.45, 7) is 2.14. The van der Waals surface area contributed by atoms with Gasteiger partial charge in [-0.05, 0) is 24.6 Å². The quantitative estimate of drug-likeness (QED) is 0.559. The molecule has 0 atom stereocenters. The number of anilines is 1. The molecule has 0 spiro atoms. The third-order valence-corrected chi connectivity index (χ3v) is 5.20. The Morgan fingerprint density at radius 1 is 1.24 bits per heavy atom. The van der Waals surface area contributed by atoms with Crippen LogP contribution in [0.25, 0.3) is 0 Å². The van der Waals surface area contributed by atoms with Crippen molar-refractivity contribution in [3.05, 3.63) is 23.8 Å². The Hall–Kier alpha value is -2.17. The molecule has 0 aliphatic heterocycles. The van der Waals surface area contributed by atoms with Crippen molar-refractivity contribution in [3.63, 3.8) is 0 Å². The lowest BCUT2D eigenvalue weighted by molar-refractivity contribution is -0.118. The molecule has 0 fully saturated rings. The molecule has 0 aliphatic rings. The second-order valence-corrected chi connectivity index (χ2v) is 7.54. The minimum absolute atomic E-state index is 0.153. The van der Waals surface area contributed by atoms with Crippen LogP contribution in [0.5, 0.6) is 0 Å². The van der Waals surface area contributed by atoms with Crippen LogP contribution in [0, 0.1) is 6.92 Å². The van der Waals surface area contributed by atoms with E-state index in [1.807, 2.05) is 0 Å². The molecule has 0 heterocycles. The van der Waals surface area contributed by atoms with E-state index >= 15 is 0 Å². The highest BCUT2D eigenvalue weighted by Gasteiger charge is 2.20. The number of nitrogens with zero attached hydrogens (tertiary/aromatic N) is 1. The van der Waals surface area contributed by atoms with E-state index in [1.54, 1.807) is 19.1 Å². The van der Waals surface area contributed by atoms with Crippen molar-refractivity contribution >= 4 is 27.6 Å². The number of carbonyl (C=O) groups excluding carboxylic acids is 2. The van der Waals surface area contributed by atoms with Crippen molar-refractivity contribution in [2.75, 3.05) is 46.2 Å². The molecule has 140 valence electrons. The van der Waals surface area contributed by atoms with Gasteiger partial charge in [-0.3, -0.25) is 10.1 Å². The first-order valence-corrected chi connectivity index (χ1v) is 8.96. The molecule has 1 aromatic rings. The van der Waals surface area contributed by atoms with Crippen molar-refractivity contribution in [3.8, 4) is 0 Å². The molecule has 0 bridgehead atoms. The molecule has 1 aromatic carbocycles. The van der Waals surface area contributed by atoms with Gasteiger partial charge in [-0.1, -0.05) is 6.07 Å². The number of nitrogens with one attached hydrogen (secondary N) is 3. The standard InChI is InChI=1S/C15H24N4O5S/c1-11-5-6-12(9-13(11)25(22,23)19(2)3)17-10-14(20)18-15(21)16-7-8-24-4/h5-6,9,17H,7-8,10H2,1-4H3,(H2,16,18,20,21). The molecule has 10 heteroatoms. The van der Waals surface area contributed by atoms with Crippen LogP contribution in [0.4, 0.5) is 10.5 Å². The lowest BCUT2D eigenvalue weighted by Crippen LogP contribution is -2.42. The monoisotopic (exact) mass is 372 g/mol. The minimum atomic E-state index is -3.58. The van der Waals surface area contributed by atoms with Gasteiger partial charge in [-0.15, -0.1) is 0 Å². The summed E-state index contributed by atoms with van der Waals surface area (Å²) in [4.78, 5) is 23.3. The fourth-order valence-electron chi connectivity index (χ4n) is 1.85. The summed E-state index contributed by atoms with van der Waals surface area (Å²) >= 11 is 0. The van der Waals surface area contributed by atoms with E-state index < -0.39 is 22.0 Å². The van der Waals surface area contributed by atoms with Crippen molar-refractivity contribution in [2.45, 2.75) is 11.8 Å². The molecule has 3 amide bonds. The van der Waals surface area contributed by atoms with Gasteiger partial charge in [0.25, 0.3) is 0 Å². The molecule has 25 heavy (non-hydrogen) atoms. The molecule has 0 aliphatic carbocycles. The van der Waals surface area contributed by atoms with E-state index in [4.69, 9.17) is 4.74 Å². The van der Waals surface area contributed by atoms with Gasteiger partial charge in [-0.2, -0.15) is 0 Å². The number of rotatable bonds is 8. The van der Waals surface area contributed by atoms with Gasteiger partial charge in [0.1, 0.15) is 0 Å². The number of sulfonamides is 1. The maximum absolute atomic E-state index is 12.3. The van der Waals surface area contributed by atoms with Crippen LogP contribution in [0.3, 0.4) is 0 Å². The molecule has 0 aromatic heterocycles. The molecule has 0 saturated heterocycles. The maximum Gasteiger partial charge on any atom is 0.321 e. The largest absolute Gasteiger partial charge is 0.383 e. The molecular formula is C15H24N4O5S. The SMILES string of the molecule is COCCNC(=O)NC(=O)CNc1ccc(C)c(S(=O)(=O)N(C)C)c1. The van der Waals surface area contributed by atoms with Crippen LogP contribution in [0.15, 0.2) is 23.1 Å². The van der Waals surface area contributed by atoms with Gasteiger partial charge in [0.2, 0.25) is 15.9 Å². The second kappa shape index (κ2) is 9.35. The lowest BCUT2D eigenvalue weighted by atomic mass is 10.2. The highest BCUT2D eigenvalue weighted by atomic mass is 32.2. The second-order valence-electron chi connectivity index (χ2n) is 5.42. The number of imide groups is 1. The normalized spacial score (nSPS) is 11.2. The van der Waals surface area contributed by atoms with Gasteiger partial charge in [0.15, 0.2) is 0 Å². The number of benzene rings is 1. The molecule has 1 rings (SSSR count). The van der Waals surface area contributed by atoms with Crippen LogP contribution in [-0.4, -0.2) is 65.6 Å². The Morgan fingerprint density at radius 3 is 2.52 bits per heavy atom. The summed E-state index contributed by atoms with van der Waals surface area (Å²) in [5, 5.41) is 7.40. The van der Waals surface area contributed by atoms with Crippen molar-refractivity contribution < 1.29 is 22.7 Å². The maximum atomic E-state index is 12.3. The zero-order valence-electron chi connectivity index (χ0n) is 14.8. The van der Waals surface area contributed by atoms with E-state index in [-0.39, 0.29) is 18.0 Å². The highest BCUT2D eigenvalue weighted by Crippen LogP contribution is 2.22. The fourth-order valence-corrected chi connectivity index (χ4v) is 2.99. The Bertz CT molecular complexity index is 719. The van der Waals surface area contributed by atoms with Crippen molar-refractivity contribution in [1.82, 2.24) is 14.9 Å². The summed E-state index contributed by atoms with van der Waals surface area (Å²) in [5.74, 6) is -0.549. The Labute approximate surface area is 147 Å². The Kier molecular flexibility index (Phi) is 7.81. The highest BCUT2D eigenvalue weighted by molar-refractivity contribution is 7.89. The molecular weight excluding hydrogens is 348 g/mol. The zero-order chi connectivity index (χ0) is 19.0. The predicted octanol–water partition coefficient (Wildman–Crippen LogP) is 0.129. The molecule has 0 saturated carbocycles. The summed E-state index contributed by atoms with van der Waals surface area (Å²) in [5.41, 5.74) is 1.06. The molecule has 0 radical (unpaired) electrons. The summed E-state index contributed by atoms with van der Waals surface area (Å²) in [6, 6.07) is 4.14. The number of ether oxygens (including phenoxy) is 1. The Morgan fingerprint density at radius 2 is 1.92 bits per heavy atom. The Balaban J connectivity index is 2.67. The summed E-state index contributed by atoms with van der Waals surface area (Å²) < 4.78 is 30.4. The van der Waals surface area contributed by atoms with Crippen LogP contribution < -0.4 is 16.0 Å². The van der Waals surface area contributed by atoms with Crippen LogP contribution in [0.2, 0.25) is 0 Å². The average Bonchev–Trinajstić information content (AvgIpc) is 2.54. The number of hydrogen-bond acceptors (Lipinski definition) is 6. The zero-order valence-corrected chi connectivity index (χ0v) is 15.6. The van der Waals surface area contributed by atoms with Gasteiger partial charge >= 0.3 is 6.03 Å². The third-order valence-electron chi connectivity index (χ3n) is 3.24. The summed E-state index contributed by atoms with van der Waals surface area (Å²) in [7, 11) is 0.815. The van der Waals surface area contributed by atoms with E-state index in [0.717, 1.165) is 4.31 Å². The molecule has 3 N–H and O–H groups in total. The van der Waals surface area contributed by atoms with Crippen LogP contribution >= 0.6 is 0 Å². The van der Waals surface area contributed by atoms with Crippen LogP contribution in [-0.2, 0) is 19.6 Å². The van der Waals surface area contributed by atoms with E-state index in [0.29, 0.717) is 17.9 Å². The van der Waals surface area contributed by atoms with E-state index in [2.05, 4.69) is 16.0 Å². The predicted molar refractivity (Wildman–Crippen MR) is 94.0 cm³/mol. The van der Waals surface area contributed by atoms with Gasteiger partial charge in [0, 0.05) is 33.4 Å². The topological polar surface area (TPSA) is 117 Å². The number of hydrogen-bond donors (Lipinski definition) is 3.